The van der Waals surface area contributed by atoms with Crippen LogP contribution in [0.5, 0.6) is 0 Å². The summed E-state index contributed by atoms with van der Waals surface area (Å²) < 4.78 is 42.6. The molecule has 0 aliphatic heterocycles. The van der Waals surface area contributed by atoms with Crippen LogP contribution in [0.4, 0.5) is 13.2 Å². The molecular formula is C10H7F3N2O2. The third-order valence-electron chi connectivity index (χ3n) is 2.10. The van der Waals surface area contributed by atoms with Gasteiger partial charge in [0.1, 0.15) is 0 Å². The summed E-state index contributed by atoms with van der Waals surface area (Å²) in [5.41, 5.74) is -0.392. The third kappa shape index (κ3) is 2.55. The van der Waals surface area contributed by atoms with Gasteiger partial charge in [-0.25, -0.2) is 0 Å². The molecule has 2 rings (SSSR count). The van der Waals surface area contributed by atoms with E-state index in [1.54, 1.807) is 6.07 Å². The number of ketones is 1. The Morgan fingerprint density at radius 1 is 1.41 bits per heavy atom. The number of hydrogen-bond acceptors (Lipinski definition) is 3. The first kappa shape index (κ1) is 11.4. The number of halogens is 3. The maximum absolute atomic E-state index is 12.1. The van der Waals surface area contributed by atoms with Crippen molar-refractivity contribution < 1.29 is 22.5 Å². The van der Waals surface area contributed by atoms with Crippen LogP contribution >= 0.6 is 0 Å². The molecule has 0 aliphatic carbocycles. The van der Waals surface area contributed by atoms with E-state index in [2.05, 4.69) is 5.16 Å². The molecule has 7 heteroatoms. The molecule has 0 atom stereocenters. The van der Waals surface area contributed by atoms with Gasteiger partial charge in [0.15, 0.2) is 5.76 Å². The number of nitrogens with zero attached hydrogens (tertiary/aromatic N) is 2. The molecule has 0 unspecified atom stereocenters. The Labute approximate surface area is 93.6 Å². The molecule has 2 aromatic rings. The smallest absolute Gasteiger partial charge is 0.359 e. The number of hydrogen-bond donors (Lipinski definition) is 0. The predicted octanol–water partition coefficient (Wildman–Crippen LogP) is 2.27. The lowest BCUT2D eigenvalue weighted by atomic mass is 10.2. The number of Topliss-reactive ketones (excluding diaryl/α,β-unsaturated/α-hetero) is 1. The summed E-state index contributed by atoms with van der Waals surface area (Å²) in [6, 6.07) is 2.71. The summed E-state index contributed by atoms with van der Waals surface area (Å²) in [6.45, 7) is 0.227. The fraction of sp³-hybridized carbons (Fsp3) is 0.200. The molecule has 0 amide bonds. The molecule has 0 fully saturated rings. The first-order valence-electron chi connectivity index (χ1n) is 4.63. The van der Waals surface area contributed by atoms with Gasteiger partial charge < -0.3 is 9.09 Å². The molecule has 0 radical (unpaired) electrons. The zero-order valence-electron chi connectivity index (χ0n) is 8.44. The van der Waals surface area contributed by atoms with E-state index in [-0.39, 0.29) is 6.54 Å². The summed E-state index contributed by atoms with van der Waals surface area (Å²) in [4.78, 5) is 10.9. The van der Waals surface area contributed by atoms with Crippen molar-refractivity contribution in [2.45, 2.75) is 12.7 Å². The lowest BCUT2D eigenvalue weighted by molar-refractivity contribution is -0.0885. The fourth-order valence-electron chi connectivity index (χ4n) is 1.34. The Hall–Kier alpha value is -2.05. The van der Waals surface area contributed by atoms with E-state index in [0.717, 1.165) is 12.3 Å². The first-order chi connectivity index (χ1) is 7.97. The van der Waals surface area contributed by atoms with Gasteiger partial charge in [0.05, 0.1) is 12.7 Å². The van der Waals surface area contributed by atoms with Gasteiger partial charge in [-0.3, -0.25) is 4.79 Å². The third-order valence-corrected chi connectivity index (χ3v) is 2.10. The predicted molar refractivity (Wildman–Crippen MR) is 50.4 cm³/mol. The zero-order valence-corrected chi connectivity index (χ0v) is 8.44. The molecular weight excluding hydrogens is 237 g/mol. The van der Waals surface area contributed by atoms with Gasteiger partial charge in [-0.05, 0) is 6.07 Å². The van der Waals surface area contributed by atoms with Gasteiger partial charge in [-0.2, -0.15) is 13.2 Å². The average Bonchev–Trinajstić information content (AvgIpc) is 2.87. The van der Waals surface area contributed by atoms with Crippen LogP contribution in [-0.4, -0.2) is 21.7 Å². The van der Waals surface area contributed by atoms with Crippen molar-refractivity contribution in [2.24, 2.45) is 0 Å². The summed E-state index contributed by atoms with van der Waals surface area (Å²) in [6.07, 6.45) is -0.918. The normalized spacial score (nSPS) is 11.7. The maximum Gasteiger partial charge on any atom is 0.454 e. The summed E-state index contributed by atoms with van der Waals surface area (Å²) in [5.74, 6) is -1.36. The quantitative estimate of drug-likeness (QED) is 0.778. The highest BCUT2D eigenvalue weighted by atomic mass is 19.4. The van der Waals surface area contributed by atoms with Gasteiger partial charge in [-0.1, -0.05) is 5.16 Å². The van der Waals surface area contributed by atoms with Gasteiger partial charge in [0.25, 0.3) is 5.78 Å². The largest absolute Gasteiger partial charge is 0.454 e. The van der Waals surface area contributed by atoms with Crippen LogP contribution in [0.3, 0.4) is 0 Å². The van der Waals surface area contributed by atoms with E-state index >= 15 is 0 Å². The van der Waals surface area contributed by atoms with Crippen molar-refractivity contribution in [1.82, 2.24) is 9.72 Å². The van der Waals surface area contributed by atoms with Crippen molar-refractivity contribution in [3.8, 4) is 0 Å². The number of carbonyl (C=O) groups is 1. The van der Waals surface area contributed by atoms with Crippen molar-refractivity contribution in [1.29, 1.82) is 0 Å². The Kier molecular flexibility index (Phi) is 2.74. The number of alkyl halides is 3. The average molecular weight is 244 g/mol. The minimum atomic E-state index is -4.85. The van der Waals surface area contributed by atoms with E-state index in [1.807, 2.05) is 0 Å². The lowest BCUT2D eigenvalue weighted by Crippen LogP contribution is -2.22. The van der Waals surface area contributed by atoms with Gasteiger partial charge in [0, 0.05) is 24.0 Å². The standard InChI is InChI=1S/C10H7F3N2O2/c11-10(12,13)9(16)7-2-4-15(5-7)6-8-1-3-14-17-8/h1-5H,6H2. The van der Waals surface area contributed by atoms with Crippen molar-refractivity contribution in [3.05, 3.63) is 42.0 Å². The topological polar surface area (TPSA) is 48.0 Å². The van der Waals surface area contributed by atoms with Crippen LogP contribution in [0, 0.1) is 0 Å². The fourth-order valence-corrected chi connectivity index (χ4v) is 1.34. The molecule has 0 N–H and O–H groups in total. The summed E-state index contributed by atoms with van der Waals surface area (Å²) in [7, 11) is 0. The molecule has 4 nitrogen and oxygen atoms in total. The molecule has 0 spiro atoms. The van der Waals surface area contributed by atoms with Crippen LogP contribution < -0.4 is 0 Å². The molecule has 17 heavy (non-hydrogen) atoms. The highest BCUT2D eigenvalue weighted by Crippen LogP contribution is 2.21. The molecule has 2 aromatic heterocycles. The van der Waals surface area contributed by atoms with Crippen LogP contribution in [0.1, 0.15) is 16.1 Å². The van der Waals surface area contributed by atoms with Crippen molar-refractivity contribution in [2.75, 3.05) is 0 Å². The van der Waals surface area contributed by atoms with E-state index < -0.39 is 17.5 Å². The molecule has 90 valence electrons. The Bertz CT molecular complexity index is 514. The highest BCUT2D eigenvalue weighted by molar-refractivity contribution is 6.00. The Morgan fingerprint density at radius 3 is 2.76 bits per heavy atom. The van der Waals surface area contributed by atoms with E-state index in [0.29, 0.717) is 5.76 Å². The Balaban J connectivity index is 2.14. The van der Waals surface area contributed by atoms with Gasteiger partial charge in [-0.15, -0.1) is 0 Å². The molecule has 0 aliphatic rings. The number of aromatic nitrogens is 2. The molecule has 0 bridgehead atoms. The summed E-state index contributed by atoms with van der Waals surface area (Å²) >= 11 is 0. The molecule has 0 aromatic carbocycles. The minimum absolute atomic E-state index is 0.227. The monoisotopic (exact) mass is 244 g/mol. The SMILES string of the molecule is O=C(c1ccn(Cc2ccno2)c1)C(F)(F)F. The van der Waals surface area contributed by atoms with Gasteiger partial charge >= 0.3 is 6.18 Å². The van der Waals surface area contributed by atoms with E-state index in [9.17, 15) is 18.0 Å². The second kappa shape index (κ2) is 4.08. The second-order valence-corrected chi connectivity index (χ2v) is 3.38. The molecule has 0 saturated carbocycles. The zero-order chi connectivity index (χ0) is 12.5. The van der Waals surface area contributed by atoms with E-state index in [4.69, 9.17) is 4.52 Å². The second-order valence-electron chi connectivity index (χ2n) is 3.38. The van der Waals surface area contributed by atoms with Crippen LogP contribution in [0.15, 0.2) is 35.2 Å². The van der Waals surface area contributed by atoms with Crippen molar-refractivity contribution in [3.63, 3.8) is 0 Å². The number of rotatable bonds is 3. The molecule has 2 heterocycles. The van der Waals surface area contributed by atoms with Crippen LogP contribution in [0.25, 0.3) is 0 Å². The first-order valence-corrected chi connectivity index (χ1v) is 4.63. The minimum Gasteiger partial charge on any atom is -0.359 e. The summed E-state index contributed by atoms with van der Waals surface area (Å²) in [5, 5.41) is 3.46. The Morgan fingerprint density at radius 2 is 2.18 bits per heavy atom. The highest BCUT2D eigenvalue weighted by Gasteiger charge is 2.39. The van der Waals surface area contributed by atoms with Crippen molar-refractivity contribution >= 4 is 5.78 Å². The van der Waals surface area contributed by atoms with Crippen LogP contribution in [0.2, 0.25) is 0 Å². The van der Waals surface area contributed by atoms with Gasteiger partial charge in [0.2, 0.25) is 0 Å². The van der Waals surface area contributed by atoms with Crippen LogP contribution in [-0.2, 0) is 6.54 Å². The maximum atomic E-state index is 12.1. The molecule has 0 saturated heterocycles. The number of carbonyl (C=O) groups excluding carboxylic acids is 1. The van der Waals surface area contributed by atoms with E-state index in [1.165, 1.54) is 17.0 Å². The lowest BCUT2D eigenvalue weighted by Gasteiger charge is -2.02.